The molecule has 2 fully saturated rings. The summed E-state index contributed by atoms with van der Waals surface area (Å²) in [7, 11) is 0. The van der Waals surface area contributed by atoms with Crippen LogP contribution < -0.4 is 5.32 Å². The first-order valence-corrected chi connectivity index (χ1v) is 8.35. The molecule has 0 aromatic carbocycles. The van der Waals surface area contributed by atoms with E-state index in [1.165, 1.54) is 6.07 Å². The van der Waals surface area contributed by atoms with E-state index in [0.717, 1.165) is 25.7 Å². The molecular weight excluding hydrogens is 312 g/mol. The molecule has 3 rings (SSSR count). The second kappa shape index (κ2) is 6.67. The lowest BCUT2D eigenvalue weighted by Gasteiger charge is -2.23. The number of aryl methyl sites for hydroxylation is 1. The Morgan fingerprint density at radius 3 is 2.71 bits per heavy atom. The zero-order chi connectivity index (χ0) is 17.3. The van der Waals surface area contributed by atoms with Gasteiger partial charge in [-0.2, -0.15) is 0 Å². The number of hydrogen-bond donors (Lipinski definition) is 2. The fraction of sp³-hybridized carbons (Fsp3) is 0.588. The van der Waals surface area contributed by atoms with Crippen molar-refractivity contribution in [2.24, 2.45) is 5.92 Å². The van der Waals surface area contributed by atoms with E-state index in [-0.39, 0.29) is 36.3 Å². The molecule has 24 heavy (non-hydrogen) atoms. The maximum absolute atomic E-state index is 12.3. The van der Waals surface area contributed by atoms with Gasteiger partial charge in [-0.3, -0.25) is 9.59 Å². The highest BCUT2D eigenvalue weighted by molar-refractivity contribution is 5.90. The van der Waals surface area contributed by atoms with Gasteiger partial charge in [-0.25, -0.2) is 4.79 Å². The summed E-state index contributed by atoms with van der Waals surface area (Å²) in [5.74, 6) is -0.806. The first kappa shape index (κ1) is 16.5. The molecule has 7 heteroatoms. The van der Waals surface area contributed by atoms with Crippen LogP contribution >= 0.6 is 0 Å². The van der Waals surface area contributed by atoms with Crippen LogP contribution in [0, 0.1) is 12.8 Å². The monoisotopic (exact) mass is 334 g/mol. The molecule has 1 aliphatic heterocycles. The van der Waals surface area contributed by atoms with Crippen molar-refractivity contribution in [3.8, 4) is 0 Å². The molecule has 0 bridgehead atoms. The van der Waals surface area contributed by atoms with Crippen LogP contribution in [0.5, 0.6) is 0 Å². The fourth-order valence-electron chi connectivity index (χ4n) is 3.64. The Kier molecular flexibility index (Phi) is 4.59. The normalized spacial score (nSPS) is 21.5. The number of carbonyl (C=O) groups is 3. The molecule has 1 saturated heterocycles. The number of aromatic carboxylic acids is 1. The van der Waals surface area contributed by atoms with E-state index >= 15 is 0 Å². The molecular formula is C17H22N2O5. The molecule has 1 aliphatic carbocycles. The molecule has 1 atom stereocenters. The Morgan fingerprint density at radius 2 is 2.08 bits per heavy atom. The summed E-state index contributed by atoms with van der Waals surface area (Å²) in [6.45, 7) is 2.18. The minimum Gasteiger partial charge on any atom is -0.478 e. The van der Waals surface area contributed by atoms with Crippen LogP contribution in [0.1, 0.15) is 54.0 Å². The van der Waals surface area contributed by atoms with Crippen molar-refractivity contribution in [1.82, 2.24) is 10.2 Å². The van der Waals surface area contributed by atoms with Gasteiger partial charge in [-0.1, -0.05) is 12.8 Å². The highest BCUT2D eigenvalue weighted by Crippen LogP contribution is 2.29. The summed E-state index contributed by atoms with van der Waals surface area (Å²) in [5, 5.41) is 11.7. The first-order chi connectivity index (χ1) is 11.5. The van der Waals surface area contributed by atoms with Gasteiger partial charge in [0.1, 0.15) is 17.1 Å². The molecule has 2 aliphatic rings. The molecule has 7 nitrogen and oxygen atoms in total. The Labute approximate surface area is 140 Å². The van der Waals surface area contributed by atoms with Crippen LogP contribution in [0.2, 0.25) is 0 Å². The lowest BCUT2D eigenvalue weighted by molar-refractivity contribution is -0.130. The molecule has 1 aromatic heterocycles. The van der Waals surface area contributed by atoms with Crippen LogP contribution in [0.3, 0.4) is 0 Å². The number of hydrogen-bond acceptors (Lipinski definition) is 4. The first-order valence-electron chi connectivity index (χ1n) is 8.35. The molecule has 2 N–H and O–H groups in total. The van der Waals surface area contributed by atoms with Crippen LogP contribution in [0.25, 0.3) is 0 Å². The summed E-state index contributed by atoms with van der Waals surface area (Å²) in [6.07, 6.45) is 4.61. The smallest absolute Gasteiger partial charge is 0.339 e. The number of furan rings is 1. The Hall–Kier alpha value is -2.31. The topological polar surface area (TPSA) is 99.9 Å². The Bertz CT molecular complexity index is 660. The van der Waals surface area contributed by atoms with E-state index in [1.807, 2.05) is 4.90 Å². The van der Waals surface area contributed by atoms with Gasteiger partial charge in [0.2, 0.25) is 11.8 Å². The predicted molar refractivity (Wildman–Crippen MR) is 84.3 cm³/mol. The van der Waals surface area contributed by atoms with Crippen LogP contribution in [0.4, 0.5) is 0 Å². The van der Waals surface area contributed by atoms with E-state index in [2.05, 4.69) is 5.32 Å². The lowest BCUT2D eigenvalue weighted by Crippen LogP contribution is -2.36. The zero-order valence-electron chi connectivity index (χ0n) is 13.7. The van der Waals surface area contributed by atoms with Crippen molar-refractivity contribution in [2.75, 3.05) is 6.54 Å². The molecule has 1 aromatic rings. The van der Waals surface area contributed by atoms with Gasteiger partial charge in [0.25, 0.3) is 0 Å². The van der Waals surface area contributed by atoms with Crippen molar-refractivity contribution in [3.63, 3.8) is 0 Å². The van der Waals surface area contributed by atoms with Crippen LogP contribution in [0.15, 0.2) is 10.5 Å². The molecule has 2 heterocycles. The zero-order valence-corrected chi connectivity index (χ0v) is 13.7. The van der Waals surface area contributed by atoms with Crippen LogP contribution in [-0.2, 0) is 16.1 Å². The SMILES string of the molecule is Cc1oc(CNC(=O)[C@H]2CC(=O)N(C3CCCC3)C2)cc1C(=O)O. The predicted octanol–water partition coefficient (Wildman–Crippen LogP) is 1.69. The maximum Gasteiger partial charge on any atom is 0.339 e. The third-order valence-corrected chi connectivity index (χ3v) is 4.93. The number of likely N-dealkylation sites (tertiary alicyclic amines) is 1. The van der Waals surface area contributed by atoms with Crippen LogP contribution in [-0.4, -0.2) is 40.4 Å². The second-order valence-electron chi connectivity index (χ2n) is 6.59. The van der Waals surface area contributed by atoms with Crippen molar-refractivity contribution in [2.45, 2.75) is 51.6 Å². The minimum absolute atomic E-state index is 0.0593. The maximum atomic E-state index is 12.3. The molecule has 130 valence electrons. The average Bonchev–Trinajstić information content (AvgIpc) is 3.24. The van der Waals surface area contributed by atoms with Crippen molar-refractivity contribution in [3.05, 3.63) is 23.2 Å². The minimum atomic E-state index is -1.05. The summed E-state index contributed by atoms with van der Waals surface area (Å²) < 4.78 is 5.34. The highest BCUT2D eigenvalue weighted by atomic mass is 16.4. The number of rotatable bonds is 5. The second-order valence-corrected chi connectivity index (χ2v) is 6.59. The third kappa shape index (κ3) is 3.29. The number of carboxylic acids is 1. The van der Waals surface area contributed by atoms with Crippen molar-refractivity contribution < 1.29 is 23.9 Å². The Balaban J connectivity index is 1.55. The number of carbonyl (C=O) groups excluding carboxylic acids is 2. The van der Waals surface area contributed by atoms with E-state index in [4.69, 9.17) is 9.52 Å². The van der Waals surface area contributed by atoms with Gasteiger partial charge in [-0.05, 0) is 25.8 Å². The van der Waals surface area contributed by atoms with E-state index in [0.29, 0.717) is 24.1 Å². The van der Waals surface area contributed by atoms with Gasteiger partial charge >= 0.3 is 5.97 Å². The summed E-state index contributed by atoms with van der Waals surface area (Å²) in [4.78, 5) is 37.3. The number of nitrogens with one attached hydrogen (secondary N) is 1. The third-order valence-electron chi connectivity index (χ3n) is 4.93. The van der Waals surface area contributed by atoms with Gasteiger partial charge in [0.15, 0.2) is 0 Å². The fourth-order valence-corrected chi connectivity index (χ4v) is 3.64. The summed E-state index contributed by atoms with van der Waals surface area (Å²) >= 11 is 0. The lowest BCUT2D eigenvalue weighted by atomic mass is 10.1. The number of amides is 2. The van der Waals surface area contributed by atoms with E-state index in [9.17, 15) is 14.4 Å². The molecule has 0 spiro atoms. The largest absolute Gasteiger partial charge is 0.478 e. The van der Waals surface area contributed by atoms with Crippen molar-refractivity contribution >= 4 is 17.8 Å². The number of carboxylic acid groups (broad SMARTS) is 1. The molecule has 0 radical (unpaired) electrons. The quantitative estimate of drug-likeness (QED) is 0.853. The van der Waals surface area contributed by atoms with Gasteiger partial charge in [-0.15, -0.1) is 0 Å². The molecule has 1 saturated carbocycles. The van der Waals surface area contributed by atoms with E-state index < -0.39 is 5.97 Å². The van der Waals surface area contributed by atoms with Gasteiger partial charge in [0, 0.05) is 19.0 Å². The van der Waals surface area contributed by atoms with Crippen molar-refractivity contribution in [1.29, 1.82) is 0 Å². The average molecular weight is 334 g/mol. The summed E-state index contributed by atoms with van der Waals surface area (Å²) in [5.41, 5.74) is 0.0997. The number of nitrogens with zero attached hydrogens (tertiary/aromatic N) is 1. The molecule has 2 amide bonds. The Morgan fingerprint density at radius 1 is 1.38 bits per heavy atom. The highest BCUT2D eigenvalue weighted by Gasteiger charge is 2.38. The van der Waals surface area contributed by atoms with Gasteiger partial charge < -0.3 is 19.7 Å². The molecule has 0 unspecified atom stereocenters. The standard InChI is InChI=1S/C17H22N2O5/c1-10-14(17(22)23)7-13(24-10)8-18-16(21)11-6-15(20)19(9-11)12-4-2-3-5-12/h7,11-12H,2-6,8-9H2,1H3,(H,18,21)(H,22,23)/t11-/m0/s1. The van der Waals surface area contributed by atoms with E-state index in [1.54, 1.807) is 6.92 Å². The van der Waals surface area contributed by atoms with Gasteiger partial charge in [0.05, 0.1) is 12.5 Å². The summed E-state index contributed by atoms with van der Waals surface area (Å²) in [6, 6.07) is 1.71.